The molecular formula is C38H26N2. The Morgan fingerprint density at radius 2 is 0.900 bits per heavy atom. The van der Waals surface area contributed by atoms with E-state index in [1.807, 2.05) is 0 Å². The highest BCUT2D eigenvalue weighted by molar-refractivity contribution is 6.10. The molecule has 0 atom stereocenters. The van der Waals surface area contributed by atoms with Crippen LogP contribution in [-0.2, 0) is 0 Å². The summed E-state index contributed by atoms with van der Waals surface area (Å²) in [6.45, 7) is 0. The molecule has 0 spiro atoms. The third-order valence-electron chi connectivity index (χ3n) is 7.93. The van der Waals surface area contributed by atoms with Gasteiger partial charge in [0.2, 0.25) is 0 Å². The molecule has 0 aliphatic rings. The van der Waals surface area contributed by atoms with Gasteiger partial charge in [-0.25, -0.2) is 0 Å². The zero-order valence-electron chi connectivity index (χ0n) is 21.9. The summed E-state index contributed by atoms with van der Waals surface area (Å²) in [5.41, 5.74) is 7.00. The predicted octanol–water partition coefficient (Wildman–Crippen LogP) is 10.6. The molecule has 7 aromatic carbocycles. The van der Waals surface area contributed by atoms with Crippen molar-refractivity contribution in [2.45, 2.75) is 0 Å². The number of anilines is 3. The van der Waals surface area contributed by atoms with E-state index in [1.165, 1.54) is 43.4 Å². The second kappa shape index (κ2) is 9.14. The monoisotopic (exact) mass is 510 g/mol. The fourth-order valence-corrected chi connectivity index (χ4v) is 6.18. The summed E-state index contributed by atoms with van der Waals surface area (Å²) in [5, 5.41) is 7.40. The van der Waals surface area contributed by atoms with E-state index in [9.17, 15) is 0 Å². The molecule has 0 N–H and O–H groups in total. The normalized spacial score (nSPS) is 11.5. The van der Waals surface area contributed by atoms with E-state index >= 15 is 0 Å². The Morgan fingerprint density at radius 3 is 1.60 bits per heavy atom. The topological polar surface area (TPSA) is 8.17 Å². The first-order valence-electron chi connectivity index (χ1n) is 13.7. The van der Waals surface area contributed by atoms with Gasteiger partial charge in [-0.15, -0.1) is 0 Å². The minimum atomic E-state index is 1.13. The van der Waals surface area contributed by atoms with Gasteiger partial charge in [-0.2, -0.15) is 0 Å². The number of para-hydroxylation sites is 3. The summed E-state index contributed by atoms with van der Waals surface area (Å²) in [5.74, 6) is 0. The molecule has 0 aliphatic carbocycles. The van der Waals surface area contributed by atoms with E-state index in [4.69, 9.17) is 0 Å². The van der Waals surface area contributed by atoms with Gasteiger partial charge in [0, 0.05) is 32.9 Å². The number of rotatable bonds is 4. The molecule has 8 rings (SSSR count). The Morgan fingerprint density at radius 1 is 0.375 bits per heavy atom. The van der Waals surface area contributed by atoms with Crippen LogP contribution in [0, 0.1) is 0 Å². The molecule has 2 nitrogen and oxygen atoms in total. The van der Waals surface area contributed by atoms with Crippen LogP contribution in [0.2, 0.25) is 0 Å². The van der Waals surface area contributed by atoms with Crippen molar-refractivity contribution in [3.8, 4) is 5.69 Å². The molecule has 0 saturated heterocycles. The van der Waals surface area contributed by atoms with Crippen molar-refractivity contribution in [1.29, 1.82) is 0 Å². The fraction of sp³-hybridized carbons (Fsp3) is 0. The van der Waals surface area contributed by atoms with Crippen molar-refractivity contribution in [2.24, 2.45) is 0 Å². The van der Waals surface area contributed by atoms with E-state index in [-0.39, 0.29) is 0 Å². The van der Waals surface area contributed by atoms with Crippen molar-refractivity contribution >= 4 is 60.4 Å². The van der Waals surface area contributed by atoms with Crippen LogP contribution in [0.25, 0.3) is 49.0 Å². The van der Waals surface area contributed by atoms with Crippen molar-refractivity contribution in [3.05, 3.63) is 158 Å². The summed E-state index contributed by atoms with van der Waals surface area (Å²) in [4.78, 5) is 2.42. The number of aromatic nitrogens is 1. The molecule has 0 fully saturated rings. The quantitative estimate of drug-likeness (QED) is 0.229. The SMILES string of the molecule is c1ccc(N(c2cccc3ccccc23)c2cc(-n3c4ccccc4c4ccccc43)cc3ccccc23)cc1. The molecule has 40 heavy (non-hydrogen) atoms. The maximum Gasteiger partial charge on any atom is 0.0561 e. The largest absolute Gasteiger partial charge is 0.309 e. The van der Waals surface area contributed by atoms with Gasteiger partial charge in [-0.3, -0.25) is 0 Å². The zero-order chi connectivity index (χ0) is 26.5. The Kier molecular flexibility index (Phi) is 5.17. The average molecular weight is 511 g/mol. The van der Waals surface area contributed by atoms with Gasteiger partial charge in [-0.05, 0) is 53.2 Å². The minimum Gasteiger partial charge on any atom is -0.309 e. The molecule has 0 aliphatic heterocycles. The van der Waals surface area contributed by atoms with E-state index in [0.717, 1.165) is 22.7 Å². The van der Waals surface area contributed by atoms with Crippen molar-refractivity contribution < 1.29 is 0 Å². The fourth-order valence-electron chi connectivity index (χ4n) is 6.18. The molecule has 1 heterocycles. The summed E-state index contributed by atoms with van der Waals surface area (Å²) >= 11 is 0. The number of benzene rings is 7. The summed E-state index contributed by atoms with van der Waals surface area (Å²) < 4.78 is 2.41. The van der Waals surface area contributed by atoms with E-state index in [0.29, 0.717) is 0 Å². The molecule has 0 amide bonds. The summed E-state index contributed by atoms with van der Waals surface area (Å²) in [6, 6.07) is 56.8. The van der Waals surface area contributed by atoms with Gasteiger partial charge in [-0.1, -0.05) is 115 Å². The minimum absolute atomic E-state index is 1.13. The first-order chi connectivity index (χ1) is 19.9. The van der Waals surface area contributed by atoms with Crippen LogP contribution >= 0.6 is 0 Å². The summed E-state index contributed by atoms with van der Waals surface area (Å²) in [7, 11) is 0. The molecule has 1 aromatic heterocycles. The lowest BCUT2D eigenvalue weighted by Gasteiger charge is -2.29. The third-order valence-corrected chi connectivity index (χ3v) is 7.93. The van der Waals surface area contributed by atoms with Gasteiger partial charge in [0.1, 0.15) is 0 Å². The van der Waals surface area contributed by atoms with E-state index in [1.54, 1.807) is 0 Å². The number of hydrogen-bond acceptors (Lipinski definition) is 1. The van der Waals surface area contributed by atoms with E-state index in [2.05, 4.69) is 167 Å². The number of fused-ring (bicyclic) bond motifs is 5. The molecule has 0 saturated carbocycles. The van der Waals surface area contributed by atoms with Gasteiger partial charge in [0.25, 0.3) is 0 Å². The van der Waals surface area contributed by atoms with Crippen LogP contribution in [-0.4, -0.2) is 4.57 Å². The van der Waals surface area contributed by atoms with Crippen LogP contribution in [0.3, 0.4) is 0 Å². The second-order valence-corrected chi connectivity index (χ2v) is 10.2. The smallest absolute Gasteiger partial charge is 0.0561 e. The molecular weight excluding hydrogens is 484 g/mol. The lowest BCUT2D eigenvalue weighted by atomic mass is 10.0. The first kappa shape index (κ1) is 22.6. The van der Waals surface area contributed by atoms with Crippen molar-refractivity contribution in [3.63, 3.8) is 0 Å². The Balaban J connectivity index is 1.49. The Bertz CT molecular complexity index is 2110. The van der Waals surface area contributed by atoms with Crippen LogP contribution in [0.1, 0.15) is 0 Å². The highest BCUT2D eigenvalue weighted by Crippen LogP contribution is 2.44. The Labute approximate surface area is 233 Å². The molecule has 188 valence electrons. The first-order valence-corrected chi connectivity index (χ1v) is 13.7. The molecule has 2 heteroatoms. The molecule has 0 unspecified atom stereocenters. The standard InChI is InChI=1S/C38H26N2/c1-2-16-29(17-3-1)39(35-24-12-15-27-13-4-6-18-31(27)35)38-26-30(25-28-14-5-7-19-32(28)38)40-36-22-10-8-20-33(36)34-21-9-11-23-37(34)40/h1-26H. The van der Waals surface area contributed by atoms with Crippen molar-refractivity contribution in [1.82, 2.24) is 4.57 Å². The highest BCUT2D eigenvalue weighted by Gasteiger charge is 2.20. The maximum atomic E-state index is 2.42. The van der Waals surface area contributed by atoms with Crippen LogP contribution < -0.4 is 4.90 Å². The van der Waals surface area contributed by atoms with Gasteiger partial charge in [0.15, 0.2) is 0 Å². The summed E-state index contributed by atoms with van der Waals surface area (Å²) in [6.07, 6.45) is 0. The highest BCUT2D eigenvalue weighted by atomic mass is 15.1. The van der Waals surface area contributed by atoms with E-state index < -0.39 is 0 Å². The molecule has 0 bridgehead atoms. The molecule has 0 radical (unpaired) electrons. The van der Waals surface area contributed by atoms with Gasteiger partial charge in [0.05, 0.1) is 22.4 Å². The predicted molar refractivity (Wildman–Crippen MR) is 170 cm³/mol. The zero-order valence-corrected chi connectivity index (χ0v) is 21.9. The molecule has 8 aromatic rings. The lowest BCUT2D eigenvalue weighted by molar-refractivity contribution is 1.18. The van der Waals surface area contributed by atoms with Crippen LogP contribution in [0.5, 0.6) is 0 Å². The van der Waals surface area contributed by atoms with Gasteiger partial charge < -0.3 is 9.47 Å². The van der Waals surface area contributed by atoms with Gasteiger partial charge >= 0.3 is 0 Å². The third kappa shape index (κ3) is 3.50. The number of hydrogen-bond donors (Lipinski definition) is 0. The number of nitrogens with zero attached hydrogens (tertiary/aromatic N) is 2. The lowest BCUT2D eigenvalue weighted by Crippen LogP contribution is -2.11. The maximum absolute atomic E-state index is 2.42. The van der Waals surface area contributed by atoms with Crippen molar-refractivity contribution in [2.75, 3.05) is 4.90 Å². The average Bonchev–Trinajstić information content (AvgIpc) is 3.36. The van der Waals surface area contributed by atoms with Crippen LogP contribution in [0.15, 0.2) is 158 Å². The van der Waals surface area contributed by atoms with Crippen LogP contribution in [0.4, 0.5) is 17.1 Å². The second-order valence-electron chi connectivity index (χ2n) is 10.2. The Hall–Kier alpha value is -5.34.